The smallest absolute Gasteiger partial charge is 0.305 e. The molecule has 0 radical (unpaired) electrons. The number of nitro groups is 1. The summed E-state index contributed by atoms with van der Waals surface area (Å²) in [6.45, 7) is 2.20. The van der Waals surface area contributed by atoms with Gasteiger partial charge in [-0.2, -0.15) is 0 Å². The molecule has 0 saturated carbocycles. The van der Waals surface area contributed by atoms with Crippen LogP contribution >= 0.6 is 0 Å². The molecule has 0 spiro atoms. The quantitative estimate of drug-likeness (QED) is 0.574. The van der Waals surface area contributed by atoms with Gasteiger partial charge in [-0.3, -0.25) is 19.7 Å². The Morgan fingerprint density at radius 2 is 1.95 bits per heavy atom. The topological polar surface area (TPSA) is 104 Å². The highest BCUT2D eigenvalue weighted by Crippen LogP contribution is 2.26. The fraction of sp³-hybridized carbons (Fsp3) is 0.429. The van der Waals surface area contributed by atoms with Crippen LogP contribution in [0.1, 0.15) is 13.3 Å². The molecule has 0 bridgehead atoms. The zero-order chi connectivity index (χ0) is 16.7. The molecule has 1 aromatic rings. The molecule has 1 rings (SSSR count). The number of hydrogen-bond acceptors (Lipinski definition) is 5. The normalized spacial score (nSPS) is 10.1. The monoisotopic (exact) mass is 309 g/mol. The van der Waals surface area contributed by atoms with Gasteiger partial charge in [0.25, 0.3) is 5.69 Å². The third kappa shape index (κ3) is 4.72. The van der Waals surface area contributed by atoms with Crippen LogP contribution in [0.25, 0.3) is 0 Å². The minimum atomic E-state index is -0.974. The molecule has 0 aliphatic carbocycles. The lowest BCUT2D eigenvalue weighted by Gasteiger charge is -2.24. The standard InChI is InChI=1S/C14H19N3O5/c1-3-16(9-8-14(19)20)13(18)10-15(2)11-6-4-5-7-12(11)17(21)22/h4-7H,3,8-10H2,1-2H3,(H,19,20). The summed E-state index contributed by atoms with van der Waals surface area (Å²) >= 11 is 0. The van der Waals surface area contributed by atoms with Gasteiger partial charge in [-0.25, -0.2) is 0 Å². The lowest BCUT2D eigenvalue weighted by Crippen LogP contribution is -2.40. The fourth-order valence-corrected chi connectivity index (χ4v) is 2.02. The zero-order valence-corrected chi connectivity index (χ0v) is 12.6. The highest BCUT2D eigenvalue weighted by molar-refractivity contribution is 5.83. The number of carbonyl (C=O) groups excluding carboxylic acids is 1. The molecule has 22 heavy (non-hydrogen) atoms. The molecule has 0 saturated heterocycles. The first kappa shape index (κ1) is 17.4. The molecular weight excluding hydrogens is 290 g/mol. The van der Waals surface area contributed by atoms with Crippen LogP contribution in [0.3, 0.4) is 0 Å². The summed E-state index contributed by atoms with van der Waals surface area (Å²) in [7, 11) is 1.59. The number of benzene rings is 1. The van der Waals surface area contributed by atoms with Gasteiger partial charge in [0, 0.05) is 26.2 Å². The maximum absolute atomic E-state index is 12.2. The molecule has 0 aliphatic heterocycles. The molecule has 8 heteroatoms. The maximum Gasteiger partial charge on any atom is 0.305 e. The van der Waals surface area contributed by atoms with Gasteiger partial charge in [0.2, 0.25) is 5.91 Å². The van der Waals surface area contributed by atoms with Crippen molar-refractivity contribution in [2.75, 3.05) is 31.6 Å². The Kier molecular flexibility index (Phi) is 6.30. The molecule has 1 amide bonds. The molecule has 1 aromatic carbocycles. The van der Waals surface area contributed by atoms with E-state index in [1.54, 1.807) is 32.2 Å². The second-order valence-electron chi connectivity index (χ2n) is 4.72. The van der Waals surface area contributed by atoms with Crippen molar-refractivity contribution in [3.63, 3.8) is 0 Å². The third-order valence-electron chi connectivity index (χ3n) is 3.19. The number of para-hydroxylation sites is 2. The van der Waals surface area contributed by atoms with E-state index < -0.39 is 10.9 Å². The summed E-state index contributed by atoms with van der Waals surface area (Å²) in [5.74, 6) is -1.25. The van der Waals surface area contributed by atoms with E-state index in [2.05, 4.69) is 0 Å². The van der Waals surface area contributed by atoms with Crippen molar-refractivity contribution in [3.8, 4) is 0 Å². The van der Waals surface area contributed by atoms with Crippen molar-refractivity contribution in [3.05, 3.63) is 34.4 Å². The fourth-order valence-electron chi connectivity index (χ4n) is 2.02. The predicted octanol–water partition coefficient (Wildman–Crippen LogP) is 1.35. The number of amides is 1. The van der Waals surface area contributed by atoms with Crippen LogP contribution in [0.4, 0.5) is 11.4 Å². The number of anilines is 1. The minimum Gasteiger partial charge on any atom is -0.481 e. The van der Waals surface area contributed by atoms with Crippen LogP contribution in [-0.2, 0) is 9.59 Å². The van der Waals surface area contributed by atoms with E-state index in [9.17, 15) is 19.7 Å². The van der Waals surface area contributed by atoms with Crippen molar-refractivity contribution in [1.82, 2.24) is 4.90 Å². The molecule has 0 aliphatic rings. The van der Waals surface area contributed by atoms with Crippen LogP contribution in [0.5, 0.6) is 0 Å². The number of nitrogens with zero attached hydrogens (tertiary/aromatic N) is 3. The number of carbonyl (C=O) groups is 2. The van der Waals surface area contributed by atoms with Crippen molar-refractivity contribution in [1.29, 1.82) is 0 Å². The van der Waals surface area contributed by atoms with Gasteiger partial charge in [-0.05, 0) is 13.0 Å². The Morgan fingerprint density at radius 1 is 1.32 bits per heavy atom. The number of rotatable bonds is 8. The average molecular weight is 309 g/mol. The van der Waals surface area contributed by atoms with Crippen LogP contribution in [0.2, 0.25) is 0 Å². The number of carboxylic acid groups (broad SMARTS) is 1. The predicted molar refractivity (Wildman–Crippen MR) is 80.9 cm³/mol. The maximum atomic E-state index is 12.2. The lowest BCUT2D eigenvalue weighted by atomic mass is 10.2. The van der Waals surface area contributed by atoms with E-state index >= 15 is 0 Å². The van der Waals surface area contributed by atoms with Gasteiger partial charge in [-0.1, -0.05) is 12.1 Å². The molecule has 8 nitrogen and oxygen atoms in total. The highest BCUT2D eigenvalue weighted by atomic mass is 16.6. The Labute approximate surface area is 128 Å². The minimum absolute atomic E-state index is 0.0572. The Hall–Kier alpha value is -2.64. The number of nitro benzene ring substituents is 1. The highest BCUT2D eigenvalue weighted by Gasteiger charge is 2.20. The Morgan fingerprint density at radius 3 is 2.50 bits per heavy atom. The van der Waals surface area contributed by atoms with Gasteiger partial charge in [0.05, 0.1) is 17.9 Å². The Bertz CT molecular complexity index is 561. The summed E-state index contributed by atoms with van der Waals surface area (Å²) in [6.07, 6.45) is -0.130. The summed E-state index contributed by atoms with van der Waals surface area (Å²) in [6, 6.07) is 6.16. The van der Waals surface area contributed by atoms with Gasteiger partial charge in [0.1, 0.15) is 5.69 Å². The molecule has 0 aromatic heterocycles. The van der Waals surface area contributed by atoms with E-state index in [4.69, 9.17) is 5.11 Å². The first-order chi connectivity index (χ1) is 10.4. The largest absolute Gasteiger partial charge is 0.481 e. The second-order valence-corrected chi connectivity index (χ2v) is 4.72. The molecule has 0 heterocycles. The third-order valence-corrected chi connectivity index (χ3v) is 3.19. The number of hydrogen-bond donors (Lipinski definition) is 1. The number of likely N-dealkylation sites (N-methyl/N-ethyl adjacent to an activating group) is 2. The molecule has 0 atom stereocenters. The van der Waals surface area contributed by atoms with Crippen molar-refractivity contribution in [2.45, 2.75) is 13.3 Å². The van der Waals surface area contributed by atoms with E-state index in [0.717, 1.165) is 0 Å². The second kappa shape index (κ2) is 7.96. The van der Waals surface area contributed by atoms with E-state index in [0.29, 0.717) is 12.2 Å². The first-order valence-corrected chi connectivity index (χ1v) is 6.81. The molecular formula is C14H19N3O5. The molecule has 1 N–H and O–H groups in total. The summed E-state index contributed by atoms with van der Waals surface area (Å²) < 4.78 is 0. The van der Waals surface area contributed by atoms with Crippen LogP contribution in [-0.4, -0.2) is 53.5 Å². The van der Waals surface area contributed by atoms with E-state index in [-0.39, 0.29) is 31.1 Å². The van der Waals surface area contributed by atoms with Gasteiger partial charge in [0.15, 0.2) is 0 Å². The van der Waals surface area contributed by atoms with Crippen LogP contribution < -0.4 is 4.90 Å². The Balaban J connectivity index is 2.78. The summed E-state index contributed by atoms with van der Waals surface area (Å²) in [4.78, 5) is 36.2. The van der Waals surface area contributed by atoms with Crippen molar-refractivity contribution in [2.24, 2.45) is 0 Å². The van der Waals surface area contributed by atoms with Crippen LogP contribution in [0.15, 0.2) is 24.3 Å². The first-order valence-electron chi connectivity index (χ1n) is 6.81. The molecule has 120 valence electrons. The average Bonchev–Trinajstić information content (AvgIpc) is 2.47. The van der Waals surface area contributed by atoms with E-state index in [1.807, 2.05) is 0 Å². The van der Waals surface area contributed by atoms with Gasteiger partial charge >= 0.3 is 5.97 Å². The van der Waals surface area contributed by atoms with Crippen molar-refractivity contribution >= 4 is 23.3 Å². The molecule has 0 fully saturated rings. The summed E-state index contributed by atoms with van der Waals surface area (Å²) in [5.41, 5.74) is 0.265. The van der Waals surface area contributed by atoms with Gasteiger partial charge in [-0.15, -0.1) is 0 Å². The molecule has 0 unspecified atom stereocenters. The zero-order valence-electron chi connectivity index (χ0n) is 12.6. The van der Waals surface area contributed by atoms with E-state index in [1.165, 1.54) is 15.9 Å². The number of aliphatic carboxylic acids is 1. The summed E-state index contributed by atoms with van der Waals surface area (Å²) in [5, 5.41) is 19.7. The number of carboxylic acids is 1. The SMILES string of the molecule is CCN(CCC(=O)O)C(=O)CN(C)c1ccccc1[N+](=O)[O-]. The van der Waals surface area contributed by atoms with Gasteiger partial charge < -0.3 is 14.9 Å². The van der Waals surface area contributed by atoms with Crippen LogP contribution in [0, 0.1) is 10.1 Å². The van der Waals surface area contributed by atoms with Crippen molar-refractivity contribution < 1.29 is 19.6 Å². The lowest BCUT2D eigenvalue weighted by molar-refractivity contribution is -0.384.